The van der Waals surface area contributed by atoms with Crippen LogP contribution in [0.3, 0.4) is 0 Å². The van der Waals surface area contributed by atoms with Crippen molar-refractivity contribution in [3.05, 3.63) is 289 Å². The molecule has 10 heteroatoms. The summed E-state index contributed by atoms with van der Waals surface area (Å²) in [6.07, 6.45) is 3.74. The quantitative estimate of drug-likeness (QED) is 0.131. The fourth-order valence-electron chi connectivity index (χ4n) is 12.4. The molecule has 0 spiro atoms. The normalized spacial score (nSPS) is 11.1. The van der Waals surface area contributed by atoms with Gasteiger partial charge in [0.2, 0.25) is 0 Å². The highest BCUT2D eigenvalue weighted by molar-refractivity contribution is 6.14. The first-order valence-electron chi connectivity index (χ1n) is 28.6. The van der Waals surface area contributed by atoms with Gasteiger partial charge in [-0.25, -0.2) is 15.0 Å². The van der Waals surface area contributed by atoms with Crippen LogP contribution < -0.4 is 0 Å². The SMILES string of the molecule is N#Cc1ccccc1-c1ccc2c(c1)c1cc(-c3ccccc3C#N)ccc1n2-c1cnccc1-c1ccc(-c2nc(-c3ccccc3)nc(-c3ccccc3)n2)cc1-n1c2ccc(-c3ccccc3C#N)cc2c2cc(-c3ccccc3C#N)ccc21. The molecule has 0 aliphatic carbocycles. The molecule has 0 amide bonds. The summed E-state index contributed by atoms with van der Waals surface area (Å²) >= 11 is 0. The second kappa shape index (κ2) is 21.7. The third kappa shape index (κ3) is 8.87. The highest BCUT2D eigenvalue weighted by Gasteiger charge is 2.25. The predicted molar refractivity (Wildman–Crippen MR) is 349 cm³/mol. The van der Waals surface area contributed by atoms with Crippen molar-refractivity contribution < 1.29 is 0 Å². The second-order valence-corrected chi connectivity index (χ2v) is 21.4. The van der Waals surface area contributed by atoms with Crippen molar-refractivity contribution >= 4 is 43.6 Å². The van der Waals surface area contributed by atoms with E-state index in [0.29, 0.717) is 39.7 Å². The first kappa shape index (κ1) is 52.0. The van der Waals surface area contributed by atoms with Crippen LogP contribution in [-0.4, -0.2) is 29.1 Å². The van der Waals surface area contributed by atoms with Gasteiger partial charge in [0.25, 0.3) is 0 Å². The van der Waals surface area contributed by atoms with Gasteiger partial charge >= 0.3 is 0 Å². The van der Waals surface area contributed by atoms with Crippen LogP contribution in [0.5, 0.6) is 0 Å². The molecule has 0 saturated carbocycles. The molecule has 10 nitrogen and oxygen atoms in total. The van der Waals surface area contributed by atoms with E-state index in [1.54, 1.807) is 0 Å². The van der Waals surface area contributed by atoms with E-state index in [2.05, 4.69) is 130 Å². The van der Waals surface area contributed by atoms with E-state index in [1.165, 1.54) is 0 Å². The van der Waals surface area contributed by atoms with Gasteiger partial charge in [-0.3, -0.25) is 4.98 Å². The molecule has 15 aromatic rings. The Labute approximate surface area is 505 Å². The van der Waals surface area contributed by atoms with Crippen LogP contribution in [0.25, 0.3) is 145 Å². The summed E-state index contributed by atoms with van der Waals surface area (Å²) in [6, 6.07) is 94.0. The van der Waals surface area contributed by atoms with Crippen LogP contribution in [0.4, 0.5) is 0 Å². The van der Waals surface area contributed by atoms with E-state index >= 15 is 0 Å². The van der Waals surface area contributed by atoms with Gasteiger partial charge in [0, 0.05) is 55.6 Å². The maximum atomic E-state index is 10.4. The third-order valence-electron chi connectivity index (χ3n) is 16.5. The van der Waals surface area contributed by atoms with Crippen molar-refractivity contribution in [3.63, 3.8) is 0 Å². The molecular weight excluding hydrogens is 1080 g/mol. The maximum absolute atomic E-state index is 10.4. The van der Waals surface area contributed by atoms with Crippen LogP contribution in [-0.2, 0) is 0 Å². The average molecular weight is 1120 g/mol. The van der Waals surface area contributed by atoms with Gasteiger partial charge < -0.3 is 9.13 Å². The number of hydrogen-bond acceptors (Lipinski definition) is 8. The molecule has 11 aromatic carbocycles. The van der Waals surface area contributed by atoms with Gasteiger partial charge in [-0.15, -0.1) is 0 Å². The van der Waals surface area contributed by atoms with E-state index in [0.717, 1.165) is 127 Å². The number of pyridine rings is 1. The minimum atomic E-state index is 0.479. The number of nitrogens with zero attached hydrogens (tertiary/aromatic N) is 10. The highest BCUT2D eigenvalue weighted by Crippen LogP contribution is 2.45. The largest absolute Gasteiger partial charge is 0.309 e. The molecule has 0 unspecified atom stereocenters. The Bertz CT molecular complexity index is 5230. The van der Waals surface area contributed by atoms with Gasteiger partial charge in [-0.05, 0) is 129 Å². The number of hydrogen-bond donors (Lipinski definition) is 0. The van der Waals surface area contributed by atoms with Crippen molar-refractivity contribution in [1.29, 1.82) is 21.0 Å². The topological polar surface area (TPSA) is 157 Å². The monoisotopic (exact) mass is 1120 g/mol. The van der Waals surface area contributed by atoms with Crippen LogP contribution >= 0.6 is 0 Å². The lowest BCUT2D eigenvalue weighted by Gasteiger charge is -2.19. The summed E-state index contributed by atoms with van der Waals surface area (Å²) < 4.78 is 4.56. The zero-order valence-electron chi connectivity index (χ0n) is 46.9. The molecule has 4 heterocycles. The van der Waals surface area contributed by atoms with Crippen molar-refractivity contribution in [1.82, 2.24) is 29.1 Å². The maximum Gasteiger partial charge on any atom is 0.164 e. The Balaban J connectivity index is 1.03. The van der Waals surface area contributed by atoms with Gasteiger partial charge in [0.05, 0.1) is 86.2 Å². The molecule has 15 rings (SSSR count). The van der Waals surface area contributed by atoms with Crippen LogP contribution in [0.2, 0.25) is 0 Å². The van der Waals surface area contributed by atoms with Crippen LogP contribution in [0, 0.1) is 45.3 Å². The molecule has 0 aliphatic rings. The zero-order chi connectivity index (χ0) is 59.2. The Hall–Kier alpha value is -12.9. The Kier molecular flexibility index (Phi) is 12.8. The summed E-state index contributed by atoms with van der Waals surface area (Å²) in [5, 5.41) is 45.2. The lowest BCUT2D eigenvalue weighted by Crippen LogP contribution is -2.04. The smallest absolute Gasteiger partial charge is 0.164 e. The number of rotatable bonds is 10. The first-order chi connectivity index (χ1) is 43.5. The summed E-state index contributed by atoms with van der Waals surface area (Å²) in [4.78, 5) is 20.4. The number of benzene rings is 11. The molecular formula is C78H44N10. The standard InChI is InChI=1S/C78H44N10/c79-44-56-19-7-11-23-60(56)51-28-33-70-66(39-51)67-40-52(61-24-12-8-20-57(61)45-80)29-34-71(67)87(70)74-43-55(78-85-76(49-15-3-1-4-16-49)84-77(86-78)50-17-5-2-6-18-50)27-32-64(74)65-37-38-83-48-75(65)88-72-35-30-53(62-25-13-9-21-58(62)46-81)41-68(72)69-42-54(31-36-73(69)88)63-26-14-10-22-59(63)47-82/h1-43,48H. The third-order valence-corrected chi connectivity index (χ3v) is 16.5. The van der Waals surface area contributed by atoms with Gasteiger partial charge in [0.15, 0.2) is 17.5 Å². The molecule has 88 heavy (non-hydrogen) atoms. The summed E-state index contributed by atoms with van der Waals surface area (Å²) in [7, 11) is 0. The lowest BCUT2D eigenvalue weighted by atomic mass is 9.96. The van der Waals surface area contributed by atoms with E-state index < -0.39 is 0 Å². The molecule has 4 aromatic heterocycles. The van der Waals surface area contributed by atoms with E-state index in [1.807, 2.05) is 170 Å². The summed E-state index contributed by atoms with van der Waals surface area (Å²) in [5.74, 6) is 1.54. The highest BCUT2D eigenvalue weighted by atomic mass is 15.0. The van der Waals surface area contributed by atoms with Gasteiger partial charge in [-0.2, -0.15) is 21.0 Å². The molecule has 0 bridgehead atoms. The average Bonchev–Trinajstić information content (AvgIpc) is 1.67. The Morgan fingerprint density at radius 1 is 0.261 bits per heavy atom. The first-order valence-corrected chi connectivity index (χ1v) is 28.6. The molecule has 406 valence electrons. The molecule has 0 radical (unpaired) electrons. The minimum absolute atomic E-state index is 0.479. The summed E-state index contributed by atoms with van der Waals surface area (Å²) in [6.45, 7) is 0. The fourth-order valence-corrected chi connectivity index (χ4v) is 12.4. The molecule has 0 aliphatic heterocycles. The summed E-state index contributed by atoms with van der Waals surface area (Å²) in [5.41, 5.74) is 18.5. The van der Waals surface area contributed by atoms with E-state index in [-0.39, 0.29) is 0 Å². The fraction of sp³-hybridized carbons (Fsp3) is 0. The second-order valence-electron chi connectivity index (χ2n) is 21.4. The van der Waals surface area contributed by atoms with Crippen LogP contribution in [0.1, 0.15) is 22.3 Å². The predicted octanol–water partition coefficient (Wildman–Crippen LogP) is 18.3. The molecule has 0 atom stereocenters. The van der Waals surface area contributed by atoms with Gasteiger partial charge in [0.1, 0.15) is 0 Å². The minimum Gasteiger partial charge on any atom is -0.309 e. The van der Waals surface area contributed by atoms with Crippen LogP contribution in [0.15, 0.2) is 267 Å². The zero-order valence-corrected chi connectivity index (χ0v) is 46.9. The van der Waals surface area contributed by atoms with Crippen molar-refractivity contribution in [2.24, 2.45) is 0 Å². The van der Waals surface area contributed by atoms with Crippen molar-refractivity contribution in [2.75, 3.05) is 0 Å². The van der Waals surface area contributed by atoms with E-state index in [9.17, 15) is 21.0 Å². The van der Waals surface area contributed by atoms with Crippen molar-refractivity contribution in [2.45, 2.75) is 0 Å². The van der Waals surface area contributed by atoms with Crippen molar-refractivity contribution in [3.8, 4) is 125 Å². The number of nitriles is 4. The number of fused-ring (bicyclic) bond motifs is 6. The lowest BCUT2D eigenvalue weighted by molar-refractivity contribution is 1.07. The Morgan fingerprint density at radius 2 is 0.580 bits per heavy atom. The van der Waals surface area contributed by atoms with Gasteiger partial charge in [-0.1, -0.05) is 170 Å². The molecule has 0 N–H and O–H groups in total. The molecule has 0 saturated heterocycles. The number of aromatic nitrogens is 6. The van der Waals surface area contributed by atoms with E-state index in [4.69, 9.17) is 19.9 Å². The Morgan fingerprint density at radius 3 is 0.955 bits per heavy atom. The molecule has 0 fully saturated rings.